The van der Waals surface area contributed by atoms with Crippen LogP contribution in [-0.4, -0.2) is 12.7 Å². The van der Waals surface area contributed by atoms with Crippen molar-refractivity contribution < 1.29 is 4.39 Å². The van der Waals surface area contributed by atoms with E-state index in [0.29, 0.717) is 5.92 Å². The minimum atomic E-state index is -0.264. The van der Waals surface area contributed by atoms with Crippen molar-refractivity contribution in [3.8, 4) is 0 Å². The molecular weight excluding hydrogens is 165 g/mol. The summed E-state index contributed by atoms with van der Waals surface area (Å²) in [7, 11) is 0. The van der Waals surface area contributed by atoms with Gasteiger partial charge in [0.15, 0.2) is 0 Å². The van der Waals surface area contributed by atoms with Gasteiger partial charge >= 0.3 is 0 Å². The van der Waals surface area contributed by atoms with Crippen LogP contribution in [0.15, 0.2) is 30.3 Å². The van der Waals surface area contributed by atoms with E-state index in [0.717, 1.165) is 5.69 Å². The zero-order chi connectivity index (χ0) is 9.10. The van der Waals surface area contributed by atoms with E-state index in [1.165, 1.54) is 12.8 Å². The topological polar surface area (TPSA) is 12.0 Å². The molecule has 2 rings (SSSR count). The lowest BCUT2D eigenvalue weighted by atomic mass is 10.2. The summed E-state index contributed by atoms with van der Waals surface area (Å²) < 4.78 is 12.6. The van der Waals surface area contributed by atoms with Gasteiger partial charge in [-0.15, -0.1) is 0 Å². The molecule has 13 heavy (non-hydrogen) atoms. The minimum Gasteiger partial charge on any atom is -0.379 e. The molecule has 1 fully saturated rings. The van der Waals surface area contributed by atoms with Crippen LogP contribution in [0.2, 0.25) is 0 Å². The zero-order valence-corrected chi connectivity index (χ0v) is 7.54. The predicted octanol–water partition coefficient (Wildman–Crippen LogP) is 2.85. The number of benzene rings is 1. The van der Waals surface area contributed by atoms with E-state index >= 15 is 0 Å². The Morgan fingerprint density at radius 1 is 1.31 bits per heavy atom. The Morgan fingerprint density at radius 3 is 2.54 bits per heavy atom. The van der Waals surface area contributed by atoms with Gasteiger partial charge in [0.05, 0.1) is 6.04 Å². The maximum Gasteiger partial charge on any atom is 0.110 e. The zero-order valence-electron chi connectivity index (χ0n) is 7.54. The van der Waals surface area contributed by atoms with Crippen LogP contribution in [0, 0.1) is 5.92 Å². The quantitative estimate of drug-likeness (QED) is 0.749. The molecular formula is C11H14FN. The van der Waals surface area contributed by atoms with Crippen LogP contribution in [0.1, 0.15) is 12.8 Å². The van der Waals surface area contributed by atoms with E-state index < -0.39 is 0 Å². The summed E-state index contributed by atoms with van der Waals surface area (Å²) in [5, 5.41) is 3.22. The second-order valence-corrected chi connectivity index (χ2v) is 3.61. The van der Waals surface area contributed by atoms with E-state index in [1.807, 2.05) is 30.3 Å². The minimum absolute atomic E-state index is 0.0300. The average molecular weight is 179 g/mol. The fourth-order valence-electron chi connectivity index (χ4n) is 1.53. The molecule has 1 N–H and O–H groups in total. The Bertz CT molecular complexity index is 256. The fourth-order valence-corrected chi connectivity index (χ4v) is 1.53. The van der Waals surface area contributed by atoms with Crippen LogP contribution in [0.25, 0.3) is 0 Å². The molecule has 0 amide bonds. The summed E-state index contributed by atoms with van der Waals surface area (Å²) in [5.74, 6) is 0.560. The molecule has 2 heteroatoms. The highest BCUT2D eigenvalue weighted by atomic mass is 19.1. The van der Waals surface area contributed by atoms with Crippen LogP contribution < -0.4 is 5.32 Å². The first-order valence-corrected chi connectivity index (χ1v) is 4.77. The fraction of sp³-hybridized carbons (Fsp3) is 0.455. The van der Waals surface area contributed by atoms with Crippen molar-refractivity contribution in [1.82, 2.24) is 0 Å². The van der Waals surface area contributed by atoms with Gasteiger partial charge in [0.25, 0.3) is 0 Å². The SMILES string of the molecule is FCC(Nc1ccccc1)C1CC1. The van der Waals surface area contributed by atoms with Gasteiger partial charge in [0, 0.05) is 5.69 Å². The van der Waals surface area contributed by atoms with Crippen LogP contribution in [-0.2, 0) is 0 Å². The maximum atomic E-state index is 12.6. The second-order valence-electron chi connectivity index (χ2n) is 3.61. The summed E-state index contributed by atoms with van der Waals surface area (Å²) >= 11 is 0. The van der Waals surface area contributed by atoms with Crippen molar-refractivity contribution in [2.45, 2.75) is 18.9 Å². The predicted molar refractivity (Wildman–Crippen MR) is 52.6 cm³/mol. The molecule has 0 heterocycles. The standard InChI is InChI=1S/C11H14FN/c12-8-11(9-6-7-9)13-10-4-2-1-3-5-10/h1-5,9,11,13H,6-8H2. The molecule has 1 nitrogen and oxygen atoms in total. The number of hydrogen-bond donors (Lipinski definition) is 1. The number of hydrogen-bond acceptors (Lipinski definition) is 1. The molecule has 0 spiro atoms. The second kappa shape index (κ2) is 3.77. The molecule has 1 saturated carbocycles. The van der Waals surface area contributed by atoms with E-state index in [4.69, 9.17) is 0 Å². The molecule has 0 radical (unpaired) electrons. The average Bonchev–Trinajstić information content (AvgIpc) is 2.99. The van der Waals surface area contributed by atoms with Crippen LogP contribution >= 0.6 is 0 Å². The van der Waals surface area contributed by atoms with Gasteiger partial charge in [0.1, 0.15) is 6.67 Å². The van der Waals surface area contributed by atoms with Crippen molar-refractivity contribution >= 4 is 5.69 Å². The van der Waals surface area contributed by atoms with Crippen molar-refractivity contribution in [2.75, 3.05) is 12.0 Å². The van der Waals surface area contributed by atoms with Crippen molar-refractivity contribution in [1.29, 1.82) is 0 Å². The molecule has 1 aromatic rings. The Hall–Kier alpha value is -1.05. The van der Waals surface area contributed by atoms with Crippen molar-refractivity contribution in [3.63, 3.8) is 0 Å². The first-order valence-electron chi connectivity index (χ1n) is 4.77. The third kappa shape index (κ3) is 2.20. The Morgan fingerprint density at radius 2 is 2.00 bits per heavy atom. The number of anilines is 1. The highest BCUT2D eigenvalue weighted by Crippen LogP contribution is 2.34. The number of nitrogens with one attached hydrogen (secondary N) is 1. The van der Waals surface area contributed by atoms with E-state index in [1.54, 1.807) is 0 Å². The Kier molecular flexibility index (Phi) is 2.48. The Labute approximate surface area is 78.0 Å². The summed E-state index contributed by atoms with van der Waals surface area (Å²) in [5.41, 5.74) is 1.03. The lowest BCUT2D eigenvalue weighted by molar-refractivity contribution is 0.421. The smallest absolute Gasteiger partial charge is 0.110 e. The van der Waals surface area contributed by atoms with Gasteiger partial charge in [-0.05, 0) is 30.9 Å². The molecule has 0 aliphatic heterocycles. The number of alkyl halides is 1. The van der Waals surface area contributed by atoms with Gasteiger partial charge < -0.3 is 5.32 Å². The molecule has 0 aromatic heterocycles. The van der Waals surface area contributed by atoms with E-state index in [-0.39, 0.29) is 12.7 Å². The monoisotopic (exact) mass is 179 g/mol. The lowest BCUT2D eigenvalue weighted by Crippen LogP contribution is -2.23. The Balaban J connectivity index is 1.95. The summed E-state index contributed by atoms with van der Waals surface area (Å²) in [6.07, 6.45) is 2.35. The maximum absolute atomic E-state index is 12.6. The number of halogens is 1. The van der Waals surface area contributed by atoms with Gasteiger partial charge in [-0.25, -0.2) is 4.39 Å². The lowest BCUT2D eigenvalue weighted by Gasteiger charge is -2.15. The first kappa shape index (κ1) is 8.54. The molecule has 1 atom stereocenters. The van der Waals surface area contributed by atoms with Crippen molar-refractivity contribution in [3.05, 3.63) is 30.3 Å². The largest absolute Gasteiger partial charge is 0.379 e. The molecule has 0 bridgehead atoms. The van der Waals surface area contributed by atoms with E-state index in [9.17, 15) is 4.39 Å². The normalized spacial score (nSPS) is 18.2. The summed E-state index contributed by atoms with van der Waals surface area (Å²) in [4.78, 5) is 0. The summed E-state index contributed by atoms with van der Waals surface area (Å²) in [6.45, 7) is -0.264. The molecule has 1 aromatic carbocycles. The number of rotatable bonds is 4. The van der Waals surface area contributed by atoms with Crippen molar-refractivity contribution in [2.24, 2.45) is 5.92 Å². The first-order chi connectivity index (χ1) is 6.40. The third-order valence-electron chi connectivity index (χ3n) is 2.48. The van der Waals surface area contributed by atoms with Crippen LogP contribution in [0.3, 0.4) is 0 Å². The van der Waals surface area contributed by atoms with Crippen LogP contribution in [0.5, 0.6) is 0 Å². The van der Waals surface area contributed by atoms with Crippen LogP contribution in [0.4, 0.5) is 10.1 Å². The molecule has 0 saturated heterocycles. The molecule has 1 unspecified atom stereocenters. The third-order valence-corrected chi connectivity index (χ3v) is 2.48. The van der Waals surface area contributed by atoms with Gasteiger partial charge in [-0.3, -0.25) is 0 Å². The molecule has 70 valence electrons. The molecule has 1 aliphatic rings. The van der Waals surface area contributed by atoms with Gasteiger partial charge in [-0.1, -0.05) is 18.2 Å². The highest BCUT2D eigenvalue weighted by molar-refractivity contribution is 5.43. The highest BCUT2D eigenvalue weighted by Gasteiger charge is 2.30. The molecule has 1 aliphatic carbocycles. The van der Waals surface area contributed by atoms with Gasteiger partial charge in [0.2, 0.25) is 0 Å². The van der Waals surface area contributed by atoms with E-state index in [2.05, 4.69) is 5.32 Å². The number of para-hydroxylation sites is 1. The summed E-state index contributed by atoms with van der Waals surface area (Å²) in [6, 6.07) is 9.88. The van der Waals surface area contributed by atoms with Gasteiger partial charge in [-0.2, -0.15) is 0 Å².